The molecule has 274 valence electrons. The number of hydrogen-bond acceptors (Lipinski definition) is 2. The number of aryl methyl sites for hydroxylation is 4. The molecule has 0 bridgehead atoms. The van der Waals surface area contributed by atoms with E-state index in [1.165, 1.54) is 22.3 Å². The summed E-state index contributed by atoms with van der Waals surface area (Å²) >= 11 is 0. The van der Waals surface area contributed by atoms with Gasteiger partial charge in [0, 0.05) is 27.1 Å². The van der Waals surface area contributed by atoms with Crippen molar-refractivity contribution in [2.75, 3.05) is 0 Å². The van der Waals surface area contributed by atoms with E-state index in [-0.39, 0.29) is 0 Å². The average molecular weight is 743 g/mol. The fourth-order valence-corrected chi connectivity index (χ4v) is 9.13. The first-order chi connectivity index (χ1) is 28.3. The van der Waals surface area contributed by atoms with Gasteiger partial charge in [0.1, 0.15) is 6.07 Å². The Hall–Kier alpha value is -7.66. The Kier molecular flexibility index (Phi) is 8.11. The summed E-state index contributed by atoms with van der Waals surface area (Å²) in [6.45, 7) is 8.55. The summed E-state index contributed by atoms with van der Waals surface area (Å²) in [5, 5.41) is 25.8. The second-order valence-electron chi connectivity index (χ2n) is 15.6. The molecule has 0 spiro atoms. The molecule has 8 aromatic carbocycles. The van der Waals surface area contributed by atoms with Crippen LogP contribution < -0.4 is 0 Å². The highest BCUT2D eigenvalue weighted by Crippen LogP contribution is 2.42. The highest BCUT2D eigenvalue weighted by Gasteiger charge is 2.22. The molecule has 2 heterocycles. The maximum absolute atomic E-state index is 11.2. The molecule has 58 heavy (non-hydrogen) atoms. The zero-order valence-corrected chi connectivity index (χ0v) is 32.8. The number of hydrogen-bond donors (Lipinski definition) is 0. The van der Waals surface area contributed by atoms with E-state index in [1.807, 2.05) is 24.3 Å². The smallest absolute Gasteiger partial charge is 0.101 e. The Bertz CT molecular complexity index is 3370. The van der Waals surface area contributed by atoms with Gasteiger partial charge in [-0.25, -0.2) is 0 Å². The van der Waals surface area contributed by atoms with Crippen molar-refractivity contribution < 1.29 is 0 Å². The first kappa shape index (κ1) is 34.8. The topological polar surface area (TPSA) is 57.4 Å². The molecule has 0 amide bonds. The van der Waals surface area contributed by atoms with Gasteiger partial charge in [-0.05, 0) is 104 Å². The molecule has 0 radical (unpaired) electrons. The van der Waals surface area contributed by atoms with Gasteiger partial charge in [-0.2, -0.15) is 10.5 Å². The van der Waals surface area contributed by atoms with E-state index in [4.69, 9.17) is 0 Å². The van der Waals surface area contributed by atoms with Crippen molar-refractivity contribution in [2.45, 2.75) is 27.7 Å². The molecule has 10 rings (SSSR count). The van der Waals surface area contributed by atoms with Crippen LogP contribution in [-0.4, -0.2) is 9.13 Å². The minimum atomic E-state index is 0.547. The first-order valence-electron chi connectivity index (χ1n) is 19.6. The van der Waals surface area contributed by atoms with E-state index in [9.17, 15) is 10.5 Å². The van der Waals surface area contributed by atoms with E-state index in [0.717, 1.165) is 88.4 Å². The number of para-hydroxylation sites is 2. The molecule has 0 aliphatic heterocycles. The van der Waals surface area contributed by atoms with Crippen LogP contribution in [0.25, 0.3) is 88.4 Å². The van der Waals surface area contributed by atoms with E-state index >= 15 is 0 Å². The summed E-state index contributed by atoms with van der Waals surface area (Å²) < 4.78 is 4.56. The van der Waals surface area contributed by atoms with E-state index in [2.05, 4.69) is 182 Å². The minimum Gasteiger partial charge on any atom is -0.309 e. The molecule has 4 heteroatoms. The van der Waals surface area contributed by atoms with Crippen LogP contribution in [0.5, 0.6) is 0 Å². The van der Waals surface area contributed by atoms with E-state index in [0.29, 0.717) is 11.1 Å². The Morgan fingerprint density at radius 2 is 0.862 bits per heavy atom. The lowest BCUT2D eigenvalue weighted by molar-refractivity contribution is 1.14. The minimum absolute atomic E-state index is 0.547. The third-order valence-electron chi connectivity index (χ3n) is 11.5. The van der Waals surface area contributed by atoms with Crippen LogP contribution in [0.2, 0.25) is 0 Å². The number of fused-ring (bicyclic) bond motifs is 6. The number of nitrogens with zero attached hydrogens (tertiary/aromatic N) is 4. The molecule has 0 unspecified atom stereocenters. The molecule has 0 fully saturated rings. The van der Waals surface area contributed by atoms with Crippen LogP contribution in [0.1, 0.15) is 33.4 Å². The van der Waals surface area contributed by atoms with Crippen LogP contribution in [0.15, 0.2) is 158 Å². The highest BCUT2D eigenvalue weighted by atomic mass is 15.0. The third-order valence-corrected chi connectivity index (χ3v) is 11.5. The number of nitriles is 2. The van der Waals surface area contributed by atoms with Gasteiger partial charge < -0.3 is 9.13 Å². The lowest BCUT2D eigenvalue weighted by Gasteiger charge is -2.19. The maximum atomic E-state index is 11.2. The van der Waals surface area contributed by atoms with Crippen LogP contribution in [0.4, 0.5) is 0 Å². The summed E-state index contributed by atoms with van der Waals surface area (Å²) in [7, 11) is 0. The fraction of sp³-hybridized carbons (Fsp3) is 0.0741. The molecule has 0 aliphatic carbocycles. The fourth-order valence-electron chi connectivity index (χ4n) is 9.13. The van der Waals surface area contributed by atoms with Gasteiger partial charge >= 0.3 is 0 Å². The zero-order valence-electron chi connectivity index (χ0n) is 32.8. The predicted molar refractivity (Wildman–Crippen MR) is 240 cm³/mol. The number of benzene rings is 8. The van der Waals surface area contributed by atoms with Crippen molar-refractivity contribution in [2.24, 2.45) is 0 Å². The Balaban J connectivity index is 1.31. The lowest BCUT2D eigenvalue weighted by atomic mass is 9.97. The van der Waals surface area contributed by atoms with Gasteiger partial charge in [-0.15, -0.1) is 0 Å². The number of aromatic nitrogens is 2. The van der Waals surface area contributed by atoms with Crippen molar-refractivity contribution in [1.29, 1.82) is 10.5 Å². The summed E-state index contributed by atoms with van der Waals surface area (Å²) in [4.78, 5) is 0. The average Bonchev–Trinajstić information content (AvgIpc) is 3.74. The van der Waals surface area contributed by atoms with Crippen molar-refractivity contribution >= 4 is 43.6 Å². The summed E-state index contributed by atoms with van der Waals surface area (Å²) in [6, 6.07) is 60.6. The second kappa shape index (κ2) is 13.5. The van der Waals surface area contributed by atoms with Gasteiger partial charge in [0.05, 0.1) is 50.6 Å². The Morgan fingerprint density at radius 3 is 1.38 bits per heavy atom. The SMILES string of the molecule is Cc1cc(C)cc(-c2ccc3c4ccccc4n(-c4cc(-c5cccc(C#N)c5)c(-n5c6ccccc6c6ccc(-c7cc(C)cc(C)c7)cc65)cc4C#N)c3c2)c1. The van der Waals surface area contributed by atoms with Crippen LogP contribution in [-0.2, 0) is 0 Å². The highest BCUT2D eigenvalue weighted by molar-refractivity contribution is 6.12. The van der Waals surface area contributed by atoms with Gasteiger partial charge in [-0.3, -0.25) is 0 Å². The van der Waals surface area contributed by atoms with Crippen molar-refractivity contribution in [3.8, 4) is 56.9 Å². The van der Waals surface area contributed by atoms with Gasteiger partial charge in [-0.1, -0.05) is 131 Å². The van der Waals surface area contributed by atoms with Gasteiger partial charge in [0.25, 0.3) is 0 Å². The van der Waals surface area contributed by atoms with Gasteiger partial charge in [0.15, 0.2) is 0 Å². The number of rotatable bonds is 5. The predicted octanol–water partition coefficient (Wildman–Crippen LogP) is 13.9. The zero-order chi connectivity index (χ0) is 39.7. The second-order valence-corrected chi connectivity index (χ2v) is 15.6. The standard InChI is InChI=1S/C54H38N4/c1-33-20-34(2)23-41(22-33)38-16-18-46-44-12-5-7-14-49(44)57(52(46)27-38)51-30-48(40-11-9-10-37(26-40)31-55)54(29-43(51)32-56)58-50-15-8-6-13-45(50)47-19-17-39(28-53(47)58)42-24-35(3)21-36(4)25-42/h5-30H,1-4H3. The van der Waals surface area contributed by atoms with Crippen LogP contribution in [0, 0.1) is 50.4 Å². The molecule has 10 aromatic rings. The molecule has 0 N–H and O–H groups in total. The van der Waals surface area contributed by atoms with Crippen molar-refractivity contribution in [3.05, 3.63) is 191 Å². The van der Waals surface area contributed by atoms with Crippen LogP contribution >= 0.6 is 0 Å². The molecule has 0 aliphatic rings. The maximum Gasteiger partial charge on any atom is 0.101 e. The van der Waals surface area contributed by atoms with Crippen LogP contribution in [0.3, 0.4) is 0 Å². The molecule has 2 aromatic heterocycles. The molecular formula is C54H38N4. The summed E-state index contributed by atoms with van der Waals surface area (Å²) in [6.07, 6.45) is 0. The monoisotopic (exact) mass is 742 g/mol. The normalized spacial score (nSPS) is 11.4. The van der Waals surface area contributed by atoms with Crippen molar-refractivity contribution in [3.63, 3.8) is 0 Å². The Labute approximate surface area is 337 Å². The molecule has 4 nitrogen and oxygen atoms in total. The summed E-state index contributed by atoms with van der Waals surface area (Å²) in [5.74, 6) is 0. The quantitative estimate of drug-likeness (QED) is 0.176. The molecule has 0 atom stereocenters. The third kappa shape index (κ3) is 5.66. The van der Waals surface area contributed by atoms with E-state index in [1.54, 1.807) is 0 Å². The van der Waals surface area contributed by atoms with E-state index < -0.39 is 0 Å². The first-order valence-corrected chi connectivity index (χ1v) is 19.6. The largest absolute Gasteiger partial charge is 0.309 e. The Morgan fingerprint density at radius 1 is 0.362 bits per heavy atom. The van der Waals surface area contributed by atoms with Gasteiger partial charge in [0.2, 0.25) is 0 Å². The van der Waals surface area contributed by atoms with Crippen molar-refractivity contribution in [1.82, 2.24) is 9.13 Å². The molecule has 0 saturated carbocycles. The molecular weight excluding hydrogens is 705 g/mol. The summed E-state index contributed by atoms with van der Waals surface area (Å²) in [5.41, 5.74) is 18.1. The molecule has 0 saturated heterocycles. The lowest BCUT2D eigenvalue weighted by Crippen LogP contribution is -2.04.